The number of hydrogen-bond donors (Lipinski definition) is 2. The van der Waals surface area contributed by atoms with E-state index in [1.165, 1.54) is 0 Å². The molecule has 0 aliphatic heterocycles. The number of carboxylic acids is 1. The number of unbranched alkanes of at least 4 members (excludes halogenated alkanes) is 1. The van der Waals surface area contributed by atoms with Gasteiger partial charge in [-0.1, -0.05) is 36.4 Å². The van der Waals surface area contributed by atoms with Crippen molar-refractivity contribution in [3.8, 4) is 5.75 Å². The van der Waals surface area contributed by atoms with E-state index in [1.54, 1.807) is 6.92 Å². The monoisotopic (exact) mass is 313 g/mol. The molecule has 23 heavy (non-hydrogen) atoms. The average molecular weight is 313 g/mol. The van der Waals surface area contributed by atoms with Crippen molar-refractivity contribution >= 4 is 11.7 Å². The molecule has 0 heterocycles. The van der Waals surface area contributed by atoms with Crippen molar-refractivity contribution in [1.29, 1.82) is 0 Å². The van der Waals surface area contributed by atoms with Gasteiger partial charge in [-0.3, -0.25) is 0 Å². The van der Waals surface area contributed by atoms with E-state index in [-0.39, 0.29) is 0 Å². The second kappa shape index (κ2) is 8.22. The molecule has 2 rings (SSSR count). The average Bonchev–Trinajstić information content (AvgIpc) is 2.56. The van der Waals surface area contributed by atoms with Gasteiger partial charge >= 0.3 is 5.97 Å². The van der Waals surface area contributed by atoms with Gasteiger partial charge in [0.2, 0.25) is 0 Å². The Kier molecular flexibility index (Phi) is 6.03. The number of hydrogen-bond acceptors (Lipinski definition) is 3. The van der Waals surface area contributed by atoms with Crippen LogP contribution < -0.4 is 10.1 Å². The molecule has 4 heteroatoms. The molecular formula is C19H23NO3. The number of carbonyl (C=O) groups is 1. The number of ether oxygens (including phenoxy) is 1. The molecule has 1 unspecified atom stereocenters. The number of aliphatic carboxylic acids is 1. The molecule has 1 atom stereocenters. The van der Waals surface area contributed by atoms with Gasteiger partial charge < -0.3 is 15.2 Å². The lowest BCUT2D eigenvalue weighted by Gasteiger charge is -2.27. The molecule has 0 aliphatic rings. The lowest BCUT2D eigenvalue weighted by atomic mass is 9.94. The Labute approximate surface area is 137 Å². The molecule has 4 nitrogen and oxygen atoms in total. The van der Waals surface area contributed by atoms with Gasteiger partial charge in [0, 0.05) is 5.69 Å². The van der Waals surface area contributed by atoms with E-state index < -0.39 is 11.5 Å². The summed E-state index contributed by atoms with van der Waals surface area (Å²) in [6.45, 7) is 2.31. The van der Waals surface area contributed by atoms with Crippen molar-refractivity contribution in [3.63, 3.8) is 0 Å². The molecule has 2 N–H and O–H groups in total. The lowest BCUT2D eigenvalue weighted by molar-refractivity contribution is -0.142. The fraction of sp³-hybridized carbons (Fsp3) is 0.316. The van der Waals surface area contributed by atoms with E-state index in [0.717, 1.165) is 24.3 Å². The molecule has 0 aliphatic carbocycles. The third kappa shape index (κ3) is 5.33. The normalized spacial score (nSPS) is 13.1. The largest absolute Gasteiger partial charge is 0.494 e. The maximum absolute atomic E-state index is 11.6. The third-order valence-corrected chi connectivity index (χ3v) is 3.75. The van der Waals surface area contributed by atoms with Crippen molar-refractivity contribution in [2.45, 2.75) is 31.7 Å². The Hall–Kier alpha value is -2.49. The molecule has 0 amide bonds. The van der Waals surface area contributed by atoms with Gasteiger partial charge in [-0.2, -0.15) is 0 Å². The van der Waals surface area contributed by atoms with Crippen molar-refractivity contribution < 1.29 is 14.6 Å². The Morgan fingerprint density at radius 1 is 1.04 bits per heavy atom. The number of carboxylic acid groups (broad SMARTS) is 1. The van der Waals surface area contributed by atoms with Gasteiger partial charge in [0.25, 0.3) is 0 Å². The van der Waals surface area contributed by atoms with E-state index in [4.69, 9.17) is 4.74 Å². The van der Waals surface area contributed by atoms with Crippen LogP contribution in [0.25, 0.3) is 0 Å². The SMILES string of the molecule is CC(CCCCOc1ccccc1)(Nc1ccccc1)C(=O)O. The maximum Gasteiger partial charge on any atom is 0.329 e. The second-order valence-corrected chi connectivity index (χ2v) is 5.75. The van der Waals surface area contributed by atoms with Crippen molar-refractivity contribution in [2.24, 2.45) is 0 Å². The molecule has 0 saturated carbocycles. The summed E-state index contributed by atoms with van der Waals surface area (Å²) in [5, 5.41) is 12.7. The van der Waals surface area contributed by atoms with Crippen LogP contribution in [0.3, 0.4) is 0 Å². The van der Waals surface area contributed by atoms with E-state index in [1.807, 2.05) is 60.7 Å². The van der Waals surface area contributed by atoms with Crippen molar-refractivity contribution in [2.75, 3.05) is 11.9 Å². The fourth-order valence-corrected chi connectivity index (χ4v) is 2.35. The van der Waals surface area contributed by atoms with Crippen molar-refractivity contribution in [1.82, 2.24) is 0 Å². The highest BCUT2D eigenvalue weighted by molar-refractivity contribution is 5.82. The number of rotatable bonds is 9. The zero-order chi connectivity index (χ0) is 16.5. The number of para-hydroxylation sites is 2. The molecule has 0 bridgehead atoms. The highest BCUT2D eigenvalue weighted by Crippen LogP contribution is 2.21. The summed E-state index contributed by atoms with van der Waals surface area (Å²) in [6, 6.07) is 19.1. The van der Waals surface area contributed by atoms with Crippen LogP contribution in [-0.2, 0) is 4.79 Å². The quantitative estimate of drug-likeness (QED) is 0.681. The minimum absolute atomic E-state index is 0.537. The van der Waals surface area contributed by atoms with E-state index in [0.29, 0.717) is 13.0 Å². The van der Waals surface area contributed by atoms with E-state index in [2.05, 4.69) is 5.32 Å². The van der Waals surface area contributed by atoms with Crippen LogP contribution in [0.5, 0.6) is 5.75 Å². The van der Waals surface area contributed by atoms with Crippen LogP contribution in [0.2, 0.25) is 0 Å². The highest BCUT2D eigenvalue weighted by atomic mass is 16.5. The van der Waals surface area contributed by atoms with Gasteiger partial charge in [0.15, 0.2) is 0 Å². The summed E-state index contributed by atoms with van der Waals surface area (Å²) in [7, 11) is 0. The Balaban J connectivity index is 1.79. The van der Waals surface area contributed by atoms with Crippen LogP contribution in [0.1, 0.15) is 26.2 Å². The van der Waals surface area contributed by atoms with E-state index >= 15 is 0 Å². The summed E-state index contributed by atoms with van der Waals surface area (Å²) in [6.07, 6.45) is 2.12. The minimum Gasteiger partial charge on any atom is -0.494 e. The molecule has 0 spiro atoms. The molecular weight excluding hydrogens is 290 g/mol. The molecule has 2 aromatic carbocycles. The highest BCUT2D eigenvalue weighted by Gasteiger charge is 2.32. The zero-order valence-electron chi connectivity index (χ0n) is 13.4. The Bertz CT molecular complexity index is 601. The van der Waals surface area contributed by atoms with Gasteiger partial charge in [-0.15, -0.1) is 0 Å². The smallest absolute Gasteiger partial charge is 0.329 e. The van der Waals surface area contributed by atoms with Gasteiger partial charge in [0.1, 0.15) is 11.3 Å². The Morgan fingerprint density at radius 2 is 1.65 bits per heavy atom. The van der Waals surface area contributed by atoms with Gasteiger partial charge in [-0.05, 0) is 50.5 Å². The van der Waals surface area contributed by atoms with Crippen LogP contribution in [0.15, 0.2) is 60.7 Å². The first-order chi connectivity index (χ1) is 11.1. The molecule has 0 saturated heterocycles. The van der Waals surface area contributed by atoms with Crippen LogP contribution in [-0.4, -0.2) is 23.2 Å². The van der Waals surface area contributed by atoms with Crippen LogP contribution >= 0.6 is 0 Å². The summed E-state index contributed by atoms with van der Waals surface area (Å²) >= 11 is 0. The molecule has 2 aromatic rings. The van der Waals surface area contributed by atoms with Gasteiger partial charge in [-0.25, -0.2) is 4.79 Å². The Morgan fingerprint density at radius 3 is 2.26 bits per heavy atom. The van der Waals surface area contributed by atoms with Crippen LogP contribution in [0.4, 0.5) is 5.69 Å². The van der Waals surface area contributed by atoms with Crippen LogP contribution in [0, 0.1) is 0 Å². The minimum atomic E-state index is -0.978. The number of benzene rings is 2. The first-order valence-electron chi connectivity index (χ1n) is 7.85. The summed E-state index contributed by atoms with van der Waals surface area (Å²) < 4.78 is 5.63. The summed E-state index contributed by atoms with van der Waals surface area (Å²) in [5.74, 6) is 0.00115. The standard InChI is InChI=1S/C19H23NO3/c1-19(18(21)22,20-16-10-4-2-5-11-16)14-8-9-15-23-17-12-6-3-7-13-17/h2-7,10-13,20H,8-9,14-15H2,1H3,(H,21,22). The first kappa shape index (κ1) is 16.9. The maximum atomic E-state index is 11.6. The molecule has 0 fully saturated rings. The third-order valence-electron chi connectivity index (χ3n) is 3.75. The topological polar surface area (TPSA) is 58.6 Å². The first-order valence-corrected chi connectivity index (χ1v) is 7.85. The second-order valence-electron chi connectivity index (χ2n) is 5.75. The molecule has 0 radical (unpaired) electrons. The number of nitrogens with one attached hydrogen (secondary N) is 1. The summed E-state index contributed by atoms with van der Waals surface area (Å²) in [4.78, 5) is 11.6. The predicted molar refractivity (Wildman–Crippen MR) is 91.9 cm³/mol. The van der Waals surface area contributed by atoms with E-state index in [9.17, 15) is 9.90 Å². The van der Waals surface area contributed by atoms with Gasteiger partial charge in [0.05, 0.1) is 6.61 Å². The predicted octanol–water partition coefficient (Wildman–Crippen LogP) is 4.19. The summed E-state index contributed by atoms with van der Waals surface area (Å²) in [5.41, 5.74) is -0.161. The molecule has 122 valence electrons. The van der Waals surface area contributed by atoms with Crippen molar-refractivity contribution in [3.05, 3.63) is 60.7 Å². The molecule has 0 aromatic heterocycles. The fourth-order valence-electron chi connectivity index (χ4n) is 2.35. The zero-order valence-corrected chi connectivity index (χ0v) is 13.4. The number of anilines is 1. The lowest BCUT2D eigenvalue weighted by Crippen LogP contribution is -2.43.